The minimum absolute atomic E-state index is 0.0199. The maximum absolute atomic E-state index is 13.4. The molecule has 39 heavy (non-hydrogen) atoms. The van der Waals surface area contributed by atoms with Gasteiger partial charge in [0.25, 0.3) is 5.91 Å². The lowest BCUT2D eigenvalue weighted by molar-refractivity contribution is 0.0417. The summed E-state index contributed by atoms with van der Waals surface area (Å²) in [5, 5.41) is 1.07. The number of hydrogen-bond donors (Lipinski definition) is 0. The Hall–Kier alpha value is -1.78. The molecule has 3 aliphatic heterocycles. The maximum Gasteiger partial charge on any atom is 0.272 e. The van der Waals surface area contributed by atoms with E-state index in [1.54, 1.807) is 10.4 Å². The number of aromatic nitrogens is 2. The number of benzene rings is 1. The van der Waals surface area contributed by atoms with Crippen LogP contribution in [0, 0.1) is 12.3 Å². The van der Waals surface area contributed by atoms with E-state index in [-0.39, 0.29) is 11.3 Å². The first-order chi connectivity index (χ1) is 18.5. The van der Waals surface area contributed by atoms with Crippen LogP contribution < -0.4 is 0 Å². The van der Waals surface area contributed by atoms with E-state index in [1.165, 1.54) is 12.6 Å². The molecule has 1 aromatic heterocycles. The monoisotopic (exact) mass is 593 g/mol. The summed E-state index contributed by atoms with van der Waals surface area (Å²) >= 11 is 12.2. The van der Waals surface area contributed by atoms with E-state index >= 15 is 0 Å². The zero-order valence-corrected chi connectivity index (χ0v) is 25.0. The van der Waals surface area contributed by atoms with E-state index in [0.717, 1.165) is 81.5 Å². The number of rotatable bonds is 6. The minimum atomic E-state index is -3.11. The molecule has 1 aromatic carbocycles. The summed E-state index contributed by atoms with van der Waals surface area (Å²) in [6.07, 6.45) is 9.20. The quantitative estimate of drug-likeness (QED) is 0.498. The second kappa shape index (κ2) is 11.6. The third kappa shape index (κ3) is 6.43. The Balaban J connectivity index is 1.13. The Morgan fingerprint density at radius 1 is 1.00 bits per heavy atom. The molecule has 11 heteroatoms. The molecule has 0 aliphatic carbocycles. The zero-order chi connectivity index (χ0) is 27.8. The second-order valence-corrected chi connectivity index (χ2v) is 14.2. The van der Waals surface area contributed by atoms with Crippen molar-refractivity contribution in [3.05, 3.63) is 57.1 Å². The van der Waals surface area contributed by atoms with E-state index in [1.807, 2.05) is 24.0 Å². The highest BCUT2D eigenvalue weighted by atomic mass is 35.5. The van der Waals surface area contributed by atoms with Gasteiger partial charge in [0.1, 0.15) is 12.0 Å². The van der Waals surface area contributed by atoms with Crippen molar-refractivity contribution in [1.82, 2.24) is 24.1 Å². The smallest absolute Gasteiger partial charge is 0.272 e. The van der Waals surface area contributed by atoms with Crippen molar-refractivity contribution in [2.75, 3.05) is 45.5 Å². The first kappa shape index (κ1) is 28.7. The second-order valence-electron chi connectivity index (χ2n) is 11.4. The number of nitrogens with zero attached hydrogens (tertiary/aromatic N) is 5. The van der Waals surface area contributed by atoms with Gasteiger partial charge in [0.2, 0.25) is 10.0 Å². The number of carbonyl (C=O) groups excluding carboxylic acids is 1. The van der Waals surface area contributed by atoms with E-state index in [0.29, 0.717) is 41.3 Å². The molecule has 212 valence electrons. The molecule has 3 saturated heterocycles. The summed E-state index contributed by atoms with van der Waals surface area (Å²) in [5.41, 5.74) is 3.41. The third-order valence-corrected chi connectivity index (χ3v) is 11.0. The average molecular weight is 595 g/mol. The molecule has 4 heterocycles. The van der Waals surface area contributed by atoms with Gasteiger partial charge in [0, 0.05) is 43.5 Å². The molecule has 0 radical (unpaired) electrons. The Bertz CT molecular complexity index is 1320. The largest absolute Gasteiger partial charge is 0.337 e. The fourth-order valence-corrected chi connectivity index (χ4v) is 7.70. The highest BCUT2D eigenvalue weighted by molar-refractivity contribution is 7.88. The lowest BCUT2D eigenvalue weighted by atomic mass is 9.77. The molecule has 0 bridgehead atoms. The number of carbonyl (C=O) groups is 1. The molecule has 0 atom stereocenters. The third-order valence-electron chi connectivity index (χ3n) is 9.02. The van der Waals surface area contributed by atoms with Crippen LogP contribution >= 0.6 is 23.2 Å². The Morgan fingerprint density at radius 2 is 1.69 bits per heavy atom. The number of piperidine rings is 2. The van der Waals surface area contributed by atoms with Crippen LogP contribution in [-0.2, 0) is 22.9 Å². The molecule has 0 saturated carbocycles. The minimum Gasteiger partial charge on any atom is -0.337 e. The van der Waals surface area contributed by atoms with Gasteiger partial charge in [-0.25, -0.2) is 22.7 Å². The highest BCUT2D eigenvalue weighted by Crippen LogP contribution is 2.42. The lowest BCUT2D eigenvalue weighted by Crippen LogP contribution is -2.51. The number of aryl methyl sites for hydroxylation is 2. The van der Waals surface area contributed by atoms with Crippen molar-refractivity contribution in [3.63, 3.8) is 0 Å². The van der Waals surface area contributed by atoms with Gasteiger partial charge < -0.3 is 9.80 Å². The molecule has 0 N–H and O–H groups in total. The van der Waals surface area contributed by atoms with E-state index in [2.05, 4.69) is 14.9 Å². The van der Waals surface area contributed by atoms with Crippen LogP contribution in [0.4, 0.5) is 0 Å². The molecule has 3 aliphatic rings. The van der Waals surface area contributed by atoms with Crippen molar-refractivity contribution in [1.29, 1.82) is 0 Å². The van der Waals surface area contributed by atoms with E-state index in [9.17, 15) is 13.2 Å². The molecule has 0 unspecified atom stereocenters. The first-order valence-electron chi connectivity index (χ1n) is 13.8. The fraction of sp³-hybridized carbons (Fsp3) is 0.607. The SMILES string of the molecule is Cc1c(CCc2ccc(Cl)c(Cl)c2)ncnc1C(=O)N1CCC(N2CCC3(CC2)CCN(S(C)(=O)=O)C3)CC1. The average Bonchev–Trinajstić information content (AvgIpc) is 3.34. The van der Waals surface area contributed by atoms with Gasteiger partial charge >= 0.3 is 0 Å². The fourth-order valence-electron chi connectivity index (χ4n) is 6.44. The van der Waals surface area contributed by atoms with Crippen molar-refractivity contribution in [2.45, 2.75) is 57.9 Å². The summed E-state index contributed by atoms with van der Waals surface area (Å²) in [4.78, 5) is 26.8. The van der Waals surface area contributed by atoms with Crippen LogP contribution in [0.1, 0.15) is 59.4 Å². The van der Waals surface area contributed by atoms with Crippen molar-refractivity contribution < 1.29 is 13.2 Å². The molecule has 5 rings (SSSR count). The van der Waals surface area contributed by atoms with Gasteiger partial charge in [-0.1, -0.05) is 29.3 Å². The molecule has 1 amide bonds. The molecule has 8 nitrogen and oxygen atoms in total. The number of hydrogen-bond acceptors (Lipinski definition) is 6. The van der Waals surface area contributed by atoms with Crippen molar-refractivity contribution in [3.8, 4) is 0 Å². The number of likely N-dealkylation sites (tertiary alicyclic amines) is 2. The topological polar surface area (TPSA) is 86.7 Å². The summed E-state index contributed by atoms with van der Waals surface area (Å²) in [7, 11) is -3.11. The molecular weight excluding hydrogens is 557 g/mol. The van der Waals surface area contributed by atoms with Gasteiger partial charge in [-0.15, -0.1) is 0 Å². The number of halogens is 2. The predicted octanol–water partition coefficient (Wildman–Crippen LogP) is 4.23. The molecule has 2 aromatic rings. The highest BCUT2D eigenvalue weighted by Gasteiger charge is 2.44. The van der Waals surface area contributed by atoms with Crippen LogP contribution in [0.5, 0.6) is 0 Å². The first-order valence-corrected chi connectivity index (χ1v) is 16.4. The summed E-state index contributed by atoms with van der Waals surface area (Å²) < 4.78 is 25.6. The van der Waals surface area contributed by atoms with Crippen molar-refractivity contribution in [2.24, 2.45) is 5.41 Å². The number of sulfonamides is 1. The summed E-state index contributed by atoms with van der Waals surface area (Å²) in [6.45, 7) is 6.69. The normalized spacial score (nSPS) is 21.1. The zero-order valence-electron chi connectivity index (χ0n) is 22.7. The van der Waals surface area contributed by atoms with Gasteiger partial charge in [0.05, 0.1) is 16.3 Å². The standard InChI is InChI=1S/C28H37Cl2N5O3S/c1-20-25(6-4-21-3-5-23(29)24(30)17-21)31-19-32-26(20)27(36)34-12-7-22(8-13-34)33-14-9-28(10-15-33)11-16-35(18-28)39(2,37)38/h3,5,17,19,22H,4,6-16,18H2,1-2H3. The Morgan fingerprint density at radius 3 is 2.33 bits per heavy atom. The lowest BCUT2D eigenvalue weighted by Gasteiger charge is -2.45. The van der Waals surface area contributed by atoms with Crippen LogP contribution in [-0.4, -0.2) is 90.0 Å². The number of amides is 1. The van der Waals surface area contributed by atoms with E-state index in [4.69, 9.17) is 23.2 Å². The van der Waals surface area contributed by atoms with Gasteiger partial charge in [-0.2, -0.15) is 0 Å². The van der Waals surface area contributed by atoms with Crippen LogP contribution in [0.25, 0.3) is 0 Å². The van der Waals surface area contributed by atoms with Gasteiger partial charge in [-0.05, 0) is 88.1 Å². The Labute approximate surface area is 241 Å². The summed E-state index contributed by atoms with van der Waals surface area (Å²) in [6, 6.07) is 6.10. The van der Waals surface area contributed by atoms with Crippen molar-refractivity contribution >= 4 is 39.1 Å². The van der Waals surface area contributed by atoms with Crippen LogP contribution in [0.2, 0.25) is 10.0 Å². The Kier molecular flexibility index (Phi) is 8.55. The van der Waals surface area contributed by atoms with Gasteiger partial charge in [0.15, 0.2) is 0 Å². The summed E-state index contributed by atoms with van der Waals surface area (Å²) in [5.74, 6) is -0.0199. The van der Waals surface area contributed by atoms with E-state index < -0.39 is 10.0 Å². The molecular formula is C28H37Cl2N5O3S. The van der Waals surface area contributed by atoms with Crippen LogP contribution in [0.15, 0.2) is 24.5 Å². The molecule has 3 fully saturated rings. The maximum atomic E-state index is 13.4. The molecule has 1 spiro atoms. The van der Waals surface area contributed by atoms with Crippen LogP contribution in [0.3, 0.4) is 0 Å². The predicted molar refractivity (Wildman–Crippen MR) is 154 cm³/mol. The van der Waals surface area contributed by atoms with Gasteiger partial charge in [-0.3, -0.25) is 4.79 Å².